The van der Waals surface area contributed by atoms with Gasteiger partial charge >= 0.3 is 24.3 Å². The van der Waals surface area contributed by atoms with Gasteiger partial charge in [-0.05, 0) is 115 Å². The Balaban J connectivity index is 0.989. The fourth-order valence-electron chi connectivity index (χ4n) is 5.86. The van der Waals surface area contributed by atoms with Crippen molar-refractivity contribution in [2.45, 2.75) is 57.7 Å². The summed E-state index contributed by atoms with van der Waals surface area (Å²) in [7, 11) is 0. The Hall–Kier alpha value is -4.57. The number of carbonyl (C=O) groups is 3. The second-order valence-electron chi connectivity index (χ2n) is 14.4. The van der Waals surface area contributed by atoms with Gasteiger partial charge in [-0.15, -0.1) is 0 Å². The van der Waals surface area contributed by atoms with Crippen LogP contribution in [-0.2, 0) is 46.3 Å². The van der Waals surface area contributed by atoms with Crippen molar-refractivity contribution in [2.24, 2.45) is 11.8 Å². The van der Waals surface area contributed by atoms with Crippen molar-refractivity contribution in [3.63, 3.8) is 0 Å². The largest absolute Gasteiger partial charge is 0.486 e. The number of benzene rings is 4. The molecule has 0 radical (unpaired) electrons. The van der Waals surface area contributed by atoms with E-state index in [2.05, 4.69) is 16.0 Å². The lowest BCUT2D eigenvalue weighted by molar-refractivity contribution is -0.158. The molecule has 4 aromatic carbocycles. The van der Waals surface area contributed by atoms with E-state index in [9.17, 15) is 40.7 Å². The van der Waals surface area contributed by atoms with E-state index in [1.54, 1.807) is 0 Å². The maximum atomic E-state index is 13.6. The molecule has 4 aromatic rings. The summed E-state index contributed by atoms with van der Waals surface area (Å²) in [4.78, 5) is 37.8. The van der Waals surface area contributed by atoms with E-state index >= 15 is 0 Å². The Kier molecular flexibility index (Phi) is 14.2. The molecule has 3 N–H and O–H groups in total. The average molecular weight is 922 g/mol. The summed E-state index contributed by atoms with van der Waals surface area (Å²) in [5.41, 5.74) is -0.602. The second kappa shape index (κ2) is 19.0. The number of carbonyl (C=O) groups excluding carboxylic acids is 3. The Morgan fingerprint density at radius 1 is 0.583 bits per heavy atom. The van der Waals surface area contributed by atoms with Crippen molar-refractivity contribution < 1.29 is 54.9 Å². The Labute approximate surface area is 359 Å². The van der Waals surface area contributed by atoms with Gasteiger partial charge in [-0.2, -0.15) is 26.3 Å². The first kappa shape index (κ1) is 45.0. The normalized spacial score (nSPS) is 14.0. The molecule has 0 unspecified atom stereocenters. The zero-order chi connectivity index (χ0) is 43.4. The number of halogens is 10. The molecule has 6 rings (SSSR count). The van der Waals surface area contributed by atoms with Gasteiger partial charge in [0.15, 0.2) is 11.5 Å². The van der Waals surface area contributed by atoms with Crippen LogP contribution in [0.2, 0.25) is 20.1 Å². The molecule has 0 heterocycles. The number of hydrogen-bond donors (Lipinski definition) is 3. The minimum Gasteiger partial charge on any atom is -0.486 e. The molecule has 2 saturated carbocycles. The molecule has 0 spiro atoms. The third kappa shape index (κ3) is 13.0. The highest BCUT2D eigenvalue weighted by atomic mass is 35.5. The molecule has 0 aliphatic heterocycles. The summed E-state index contributed by atoms with van der Waals surface area (Å²) < 4.78 is 97.6. The standard InChI is InChI=1S/C41H35Cl4F6N3O6/c42-31-9-23(10-32(43)37(31)58-19-24-5-27(40(46,47)48)14-29(7-24)52-16-21-1-2-21)11-35(55)60-36(56)18-54-39(57)26-12-33(44)38(34(45)13-26)59-20-25-6-28(41(49,50)51)15-30(8-25)53-17-22-3-4-22/h5-10,12-15,21-22,52-53H,1-4,11,16-20H2,(H,54,57). The molecule has 2 aliphatic carbocycles. The lowest BCUT2D eigenvalue weighted by atomic mass is 10.1. The molecule has 60 heavy (non-hydrogen) atoms. The predicted molar refractivity (Wildman–Crippen MR) is 214 cm³/mol. The van der Waals surface area contributed by atoms with Crippen molar-refractivity contribution in [2.75, 3.05) is 30.3 Å². The minimum absolute atomic E-state index is 0.0415. The Morgan fingerprint density at radius 3 is 1.43 bits per heavy atom. The van der Waals surface area contributed by atoms with Gasteiger partial charge in [0, 0.05) is 30.0 Å². The van der Waals surface area contributed by atoms with Crippen LogP contribution in [0.4, 0.5) is 37.7 Å². The van der Waals surface area contributed by atoms with Crippen LogP contribution in [0.25, 0.3) is 0 Å². The number of rotatable bonds is 17. The van der Waals surface area contributed by atoms with Crippen LogP contribution in [0.5, 0.6) is 11.5 Å². The number of amides is 1. The Bertz CT molecular complexity index is 2220. The number of hydrogen-bond acceptors (Lipinski definition) is 8. The number of esters is 2. The van der Waals surface area contributed by atoms with Gasteiger partial charge in [-0.25, -0.2) is 4.79 Å². The first-order valence-corrected chi connectivity index (χ1v) is 20.0. The van der Waals surface area contributed by atoms with Crippen LogP contribution in [0, 0.1) is 11.8 Å². The van der Waals surface area contributed by atoms with Gasteiger partial charge in [0.25, 0.3) is 5.91 Å². The molecule has 0 atom stereocenters. The lowest BCUT2D eigenvalue weighted by Crippen LogP contribution is -2.32. The summed E-state index contributed by atoms with van der Waals surface area (Å²) in [6.07, 6.45) is -5.59. The molecule has 2 aliphatic rings. The monoisotopic (exact) mass is 919 g/mol. The van der Waals surface area contributed by atoms with Gasteiger partial charge < -0.3 is 30.2 Å². The number of ether oxygens (including phenoxy) is 3. The van der Waals surface area contributed by atoms with E-state index in [4.69, 9.17) is 60.6 Å². The van der Waals surface area contributed by atoms with Crippen molar-refractivity contribution in [1.82, 2.24) is 5.32 Å². The average Bonchev–Trinajstić information content (AvgIpc) is 4.10. The molecule has 320 valence electrons. The van der Waals surface area contributed by atoms with E-state index in [1.165, 1.54) is 36.4 Å². The Morgan fingerprint density at radius 2 is 1.02 bits per heavy atom. The molecule has 0 saturated heterocycles. The van der Waals surface area contributed by atoms with Gasteiger partial charge in [0.2, 0.25) is 0 Å². The second-order valence-corrected chi connectivity index (χ2v) is 16.1. The van der Waals surface area contributed by atoms with Gasteiger partial charge in [-0.1, -0.05) is 46.4 Å². The lowest BCUT2D eigenvalue weighted by Gasteiger charge is -2.16. The number of alkyl halides is 6. The number of nitrogens with one attached hydrogen (secondary N) is 3. The summed E-state index contributed by atoms with van der Waals surface area (Å²) in [5, 5.41) is 7.93. The van der Waals surface area contributed by atoms with Crippen LogP contribution in [0.1, 0.15) is 63.9 Å². The highest BCUT2D eigenvalue weighted by Gasteiger charge is 2.33. The van der Waals surface area contributed by atoms with Gasteiger partial charge in [-0.3, -0.25) is 9.59 Å². The van der Waals surface area contributed by atoms with E-state index in [0.29, 0.717) is 30.6 Å². The maximum absolute atomic E-state index is 13.6. The van der Waals surface area contributed by atoms with E-state index in [-0.39, 0.29) is 72.7 Å². The first-order chi connectivity index (χ1) is 28.3. The molecule has 9 nitrogen and oxygen atoms in total. The van der Waals surface area contributed by atoms with Crippen molar-refractivity contribution in [3.05, 3.63) is 114 Å². The molecule has 19 heteroatoms. The predicted octanol–water partition coefficient (Wildman–Crippen LogP) is 11.2. The van der Waals surface area contributed by atoms with E-state index in [0.717, 1.165) is 49.9 Å². The zero-order valence-electron chi connectivity index (χ0n) is 31.2. The smallest absolute Gasteiger partial charge is 0.416 e. The van der Waals surface area contributed by atoms with Crippen molar-refractivity contribution >= 4 is 75.6 Å². The third-order valence-electron chi connectivity index (χ3n) is 9.28. The SMILES string of the molecule is O=C(CNC(=O)c1cc(Cl)c(OCc2cc(NCC3CC3)cc(C(F)(F)F)c2)c(Cl)c1)OC(=O)Cc1cc(Cl)c(OCc2cc(NCC3CC3)cc(C(F)(F)F)c2)c(Cl)c1. The first-order valence-electron chi connectivity index (χ1n) is 18.4. The van der Waals surface area contributed by atoms with Crippen LogP contribution in [0.3, 0.4) is 0 Å². The fraction of sp³-hybridized carbons (Fsp3) is 0.341. The molecule has 0 bridgehead atoms. The van der Waals surface area contributed by atoms with Gasteiger partial charge in [0.05, 0.1) is 37.6 Å². The van der Waals surface area contributed by atoms with Crippen LogP contribution in [0.15, 0.2) is 60.7 Å². The van der Waals surface area contributed by atoms with Gasteiger partial charge in [0.1, 0.15) is 19.8 Å². The summed E-state index contributed by atoms with van der Waals surface area (Å²) in [6, 6.07) is 12.0. The molecular weight excluding hydrogens is 886 g/mol. The minimum atomic E-state index is -4.59. The molecule has 2 fully saturated rings. The highest BCUT2D eigenvalue weighted by molar-refractivity contribution is 6.38. The summed E-state index contributed by atoms with van der Waals surface area (Å²) in [5.74, 6) is -2.26. The van der Waals surface area contributed by atoms with Crippen LogP contribution in [-0.4, -0.2) is 37.5 Å². The molecular formula is C41H35Cl4F6N3O6. The number of anilines is 2. The van der Waals surface area contributed by atoms with E-state index < -0.39 is 54.3 Å². The van der Waals surface area contributed by atoms with Crippen molar-refractivity contribution in [3.8, 4) is 11.5 Å². The molecule has 0 aromatic heterocycles. The summed E-state index contributed by atoms with van der Waals surface area (Å²) in [6.45, 7) is -0.271. The van der Waals surface area contributed by atoms with Crippen LogP contribution >= 0.6 is 46.4 Å². The fourth-order valence-corrected chi connectivity index (χ4v) is 7.10. The third-order valence-corrected chi connectivity index (χ3v) is 10.4. The van der Waals surface area contributed by atoms with Crippen LogP contribution < -0.4 is 25.4 Å². The topological polar surface area (TPSA) is 115 Å². The van der Waals surface area contributed by atoms with Crippen molar-refractivity contribution in [1.29, 1.82) is 0 Å². The summed E-state index contributed by atoms with van der Waals surface area (Å²) >= 11 is 25.3. The zero-order valence-corrected chi connectivity index (χ0v) is 34.3. The maximum Gasteiger partial charge on any atom is 0.416 e. The molecule has 1 amide bonds. The highest BCUT2D eigenvalue weighted by Crippen LogP contribution is 2.39. The van der Waals surface area contributed by atoms with E-state index in [1.807, 2.05) is 0 Å². The quantitative estimate of drug-likeness (QED) is 0.0545.